The van der Waals surface area contributed by atoms with Crippen LogP contribution in [0.4, 0.5) is 0 Å². The normalized spacial score (nSPS) is 15.0. The molecule has 1 aromatic rings. The molecule has 0 saturated carbocycles. The fraction of sp³-hybridized carbons (Fsp3) is 0.667. The summed E-state index contributed by atoms with van der Waals surface area (Å²) in [6.07, 6.45) is 0.0224. The van der Waals surface area contributed by atoms with Gasteiger partial charge in [0.15, 0.2) is 0 Å². The van der Waals surface area contributed by atoms with Crippen LogP contribution in [-0.4, -0.2) is 22.0 Å². The van der Waals surface area contributed by atoms with Gasteiger partial charge in [-0.05, 0) is 13.8 Å². The molecule has 5 nitrogen and oxygen atoms in total. The molecule has 0 aliphatic rings. The molecule has 1 unspecified atom stereocenters. The third-order valence-corrected chi connectivity index (χ3v) is 4.72. The van der Waals surface area contributed by atoms with Crippen molar-refractivity contribution in [1.82, 2.24) is 9.78 Å². The predicted molar refractivity (Wildman–Crippen MR) is 68.2 cm³/mol. The van der Waals surface area contributed by atoms with Crippen molar-refractivity contribution < 1.29 is 13.6 Å². The van der Waals surface area contributed by atoms with E-state index < -0.39 is 7.60 Å². The average molecular weight is 301 g/mol. The summed E-state index contributed by atoms with van der Waals surface area (Å²) < 4.78 is 24.1. The Morgan fingerprint density at radius 3 is 2.41 bits per heavy atom. The van der Waals surface area contributed by atoms with Crippen molar-refractivity contribution in [3.05, 3.63) is 10.2 Å². The number of hydrogen-bond donors (Lipinski definition) is 0. The Bertz CT molecular complexity index is 448. The summed E-state index contributed by atoms with van der Waals surface area (Å²) in [5.41, 5.74) is 0. The number of halogens is 2. The zero-order valence-corrected chi connectivity index (χ0v) is 12.5. The predicted octanol–water partition coefficient (Wildman–Crippen LogP) is 3.74. The molecule has 0 aliphatic heterocycles. The Hall–Kier alpha value is -0.220. The topological polar surface area (TPSA) is 53.3 Å². The van der Waals surface area contributed by atoms with E-state index >= 15 is 0 Å². The largest absolute Gasteiger partial charge is 0.403 e. The van der Waals surface area contributed by atoms with Gasteiger partial charge in [-0.2, -0.15) is 0 Å². The lowest BCUT2D eigenvalue weighted by Gasteiger charge is -2.18. The maximum absolute atomic E-state index is 12.2. The van der Waals surface area contributed by atoms with Crippen LogP contribution in [0.2, 0.25) is 10.2 Å². The molecule has 0 aromatic carbocycles. The molecule has 1 heterocycles. The van der Waals surface area contributed by atoms with Gasteiger partial charge in [0.05, 0.1) is 12.3 Å². The lowest BCUT2D eigenvalue weighted by atomic mass is 10.5. The molecule has 0 amide bonds. The van der Waals surface area contributed by atoms with E-state index in [2.05, 4.69) is 5.10 Å². The van der Waals surface area contributed by atoms with Crippen LogP contribution in [0.25, 0.3) is 0 Å². The van der Waals surface area contributed by atoms with Crippen molar-refractivity contribution in [1.29, 1.82) is 0 Å². The van der Waals surface area contributed by atoms with Gasteiger partial charge in [0.25, 0.3) is 5.88 Å². The molecule has 1 rings (SSSR count). The Labute approximate surface area is 111 Å². The third-order valence-electron chi connectivity index (χ3n) is 1.88. The molecular weight excluding hydrogens is 286 g/mol. The Morgan fingerprint density at radius 1 is 1.47 bits per heavy atom. The summed E-state index contributed by atoms with van der Waals surface area (Å²) in [5, 5.41) is 4.29. The van der Waals surface area contributed by atoms with Crippen molar-refractivity contribution in [2.75, 3.05) is 6.16 Å². The minimum absolute atomic E-state index is 0.0324. The Balaban J connectivity index is 2.95. The molecule has 0 spiro atoms. The highest BCUT2D eigenvalue weighted by Crippen LogP contribution is 2.50. The Kier molecular flexibility index (Phi) is 4.90. The summed E-state index contributed by atoms with van der Waals surface area (Å²) in [6, 6.07) is 0. The second-order valence-corrected chi connectivity index (χ2v) is 6.69. The molecular formula is C9H15Cl2N2O3P. The van der Waals surface area contributed by atoms with Crippen LogP contribution in [0.3, 0.4) is 0 Å². The fourth-order valence-electron chi connectivity index (χ4n) is 1.13. The highest BCUT2D eigenvalue weighted by molar-refractivity contribution is 7.54. The van der Waals surface area contributed by atoms with Gasteiger partial charge in [0, 0.05) is 7.05 Å². The van der Waals surface area contributed by atoms with Gasteiger partial charge in [-0.25, -0.2) is 4.57 Å². The number of aromatic nitrogens is 2. The van der Waals surface area contributed by atoms with E-state index in [1.807, 2.05) is 0 Å². The van der Waals surface area contributed by atoms with E-state index in [1.165, 1.54) is 4.68 Å². The van der Waals surface area contributed by atoms with E-state index in [0.29, 0.717) is 0 Å². The minimum atomic E-state index is -3.23. The number of aryl methyl sites for hydroxylation is 1. The molecule has 0 aliphatic carbocycles. The first kappa shape index (κ1) is 14.8. The smallest absolute Gasteiger partial charge is 0.380 e. The average Bonchev–Trinajstić information content (AvgIpc) is 2.45. The number of rotatable bonds is 5. The second kappa shape index (κ2) is 5.61. The molecule has 17 heavy (non-hydrogen) atoms. The van der Waals surface area contributed by atoms with Crippen molar-refractivity contribution >= 4 is 30.8 Å². The molecule has 0 bridgehead atoms. The minimum Gasteiger partial charge on any atom is -0.403 e. The zero-order chi connectivity index (χ0) is 13.2. The SMILES string of the molecule is CCP(=O)(Oc1nn(C)c(Cl)c1Cl)OC(C)C. The Morgan fingerprint density at radius 2 is 2.06 bits per heavy atom. The van der Waals surface area contributed by atoms with Crippen LogP contribution in [0.15, 0.2) is 0 Å². The second-order valence-electron chi connectivity index (χ2n) is 3.71. The van der Waals surface area contributed by atoms with Gasteiger partial charge in [0.1, 0.15) is 10.2 Å². The van der Waals surface area contributed by atoms with Crippen LogP contribution < -0.4 is 4.52 Å². The fourth-order valence-corrected chi connectivity index (χ4v) is 2.85. The summed E-state index contributed by atoms with van der Waals surface area (Å²) in [4.78, 5) is 0. The van der Waals surface area contributed by atoms with Crippen molar-refractivity contribution in [3.8, 4) is 5.88 Å². The van der Waals surface area contributed by atoms with Crippen LogP contribution in [-0.2, 0) is 16.1 Å². The van der Waals surface area contributed by atoms with E-state index in [1.54, 1.807) is 27.8 Å². The third kappa shape index (κ3) is 3.62. The van der Waals surface area contributed by atoms with E-state index in [0.717, 1.165) is 0 Å². The first-order valence-corrected chi connectivity index (χ1v) is 7.62. The molecule has 98 valence electrons. The molecule has 0 saturated heterocycles. The highest BCUT2D eigenvalue weighted by Gasteiger charge is 2.28. The first-order chi connectivity index (χ1) is 7.79. The van der Waals surface area contributed by atoms with Gasteiger partial charge in [-0.1, -0.05) is 30.1 Å². The quantitative estimate of drug-likeness (QED) is 0.777. The van der Waals surface area contributed by atoms with Crippen LogP contribution >= 0.6 is 30.8 Å². The lowest BCUT2D eigenvalue weighted by Crippen LogP contribution is -2.07. The molecule has 1 aromatic heterocycles. The van der Waals surface area contributed by atoms with Gasteiger partial charge in [-0.15, -0.1) is 5.10 Å². The van der Waals surface area contributed by atoms with Gasteiger partial charge in [0.2, 0.25) is 0 Å². The molecule has 0 radical (unpaired) electrons. The molecule has 0 fully saturated rings. The maximum Gasteiger partial charge on any atom is 0.380 e. The monoisotopic (exact) mass is 300 g/mol. The zero-order valence-electron chi connectivity index (χ0n) is 10.1. The van der Waals surface area contributed by atoms with E-state index in [9.17, 15) is 4.57 Å². The van der Waals surface area contributed by atoms with E-state index in [-0.39, 0.29) is 28.3 Å². The van der Waals surface area contributed by atoms with E-state index in [4.69, 9.17) is 32.2 Å². The maximum atomic E-state index is 12.2. The van der Waals surface area contributed by atoms with Crippen molar-refractivity contribution in [2.45, 2.75) is 26.9 Å². The van der Waals surface area contributed by atoms with Gasteiger partial charge in [-0.3, -0.25) is 9.21 Å². The summed E-state index contributed by atoms with van der Waals surface area (Å²) in [7, 11) is -1.62. The van der Waals surface area contributed by atoms with Crippen LogP contribution in [0.5, 0.6) is 5.88 Å². The van der Waals surface area contributed by atoms with Crippen molar-refractivity contribution in [2.24, 2.45) is 7.05 Å². The van der Waals surface area contributed by atoms with Crippen molar-refractivity contribution in [3.63, 3.8) is 0 Å². The lowest BCUT2D eigenvalue weighted by molar-refractivity contribution is 0.208. The summed E-state index contributed by atoms with van der Waals surface area (Å²) in [5.74, 6) is 0.0324. The molecule has 8 heteroatoms. The van der Waals surface area contributed by atoms with Gasteiger partial charge < -0.3 is 4.52 Å². The highest BCUT2D eigenvalue weighted by atomic mass is 35.5. The standard InChI is InChI=1S/C9H15Cl2N2O3P/c1-5-17(14,15-6(2)3)16-9-7(10)8(11)13(4)12-9/h6H,5H2,1-4H3. The first-order valence-electron chi connectivity index (χ1n) is 5.14. The number of hydrogen-bond acceptors (Lipinski definition) is 4. The van der Waals surface area contributed by atoms with Crippen LogP contribution in [0, 0.1) is 0 Å². The summed E-state index contributed by atoms with van der Waals surface area (Å²) in [6.45, 7) is 5.26. The number of nitrogens with zero attached hydrogens (tertiary/aromatic N) is 2. The molecule has 1 atom stereocenters. The summed E-state index contributed by atoms with van der Waals surface area (Å²) >= 11 is 11.7. The van der Waals surface area contributed by atoms with Gasteiger partial charge >= 0.3 is 7.60 Å². The van der Waals surface area contributed by atoms with Crippen LogP contribution in [0.1, 0.15) is 20.8 Å². The molecule has 0 N–H and O–H groups in total.